The summed E-state index contributed by atoms with van der Waals surface area (Å²) < 4.78 is 0. The molecule has 18 heavy (non-hydrogen) atoms. The lowest BCUT2D eigenvalue weighted by Gasteiger charge is -2.17. The van der Waals surface area contributed by atoms with Gasteiger partial charge >= 0.3 is 5.97 Å². The second-order valence-electron chi connectivity index (χ2n) is 4.57. The van der Waals surface area contributed by atoms with E-state index < -0.39 is 30.4 Å². The Balaban J connectivity index is 4.13. The molecule has 0 spiro atoms. The first-order chi connectivity index (χ1) is 8.23. The summed E-state index contributed by atoms with van der Waals surface area (Å²) >= 11 is 0. The summed E-state index contributed by atoms with van der Waals surface area (Å²) in [6, 6.07) is -1.89. The molecule has 2 unspecified atom stereocenters. The first-order valence-corrected chi connectivity index (χ1v) is 5.79. The van der Waals surface area contributed by atoms with E-state index in [1.807, 2.05) is 13.8 Å². The van der Waals surface area contributed by atoms with Crippen LogP contribution in [0, 0.1) is 5.92 Å². The number of nitrogens with two attached hydrogens (primary N) is 1. The number of carbonyl (C=O) groups excluding carboxylic acids is 2. The van der Waals surface area contributed by atoms with Gasteiger partial charge in [-0.3, -0.25) is 14.4 Å². The molecule has 2 atom stereocenters. The van der Waals surface area contributed by atoms with E-state index in [9.17, 15) is 14.4 Å². The molecule has 0 heterocycles. The van der Waals surface area contributed by atoms with Crippen LogP contribution >= 0.6 is 0 Å². The highest BCUT2D eigenvalue weighted by Crippen LogP contribution is 1.92. The fourth-order valence-electron chi connectivity index (χ4n) is 1.12. The molecule has 0 aliphatic rings. The van der Waals surface area contributed by atoms with Crippen LogP contribution in [0.1, 0.15) is 27.2 Å². The summed E-state index contributed by atoms with van der Waals surface area (Å²) in [4.78, 5) is 33.4. The van der Waals surface area contributed by atoms with Crippen molar-refractivity contribution in [3.8, 4) is 0 Å². The first-order valence-electron chi connectivity index (χ1n) is 5.79. The summed E-state index contributed by atoms with van der Waals surface area (Å²) in [6.45, 7) is 5.93. The summed E-state index contributed by atoms with van der Waals surface area (Å²) in [5.41, 5.74) is 5.36. The average molecular weight is 259 g/mol. The van der Waals surface area contributed by atoms with Gasteiger partial charge in [0, 0.05) is 6.54 Å². The Bertz CT molecular complexity index is 317. The van der Waals surface area contributed by atoms with Crippen molar-refractivity contribution < 1.29 is 19.5 Å². The highest BCUT2D eigenvalue weighted by molar-refractivity contribution is 5.91. The molecule has 7 nitrogen and oxygen atoms in total. The van der Waals surface area contributed by atoms with Crippen molar-refractivity contribution >= 4 is 17.8 Å². The highest BCUT2D eigenvalue weighted by Gasteiger charge is 2.21. The summed E-state index contributed by atoms with van der Waals surface area (Å²) in [6.07, 6.45) is -0.466. The second kappa shape index (κ2) is 7.65. The van der Waals surface area contributed by atoms with Gasteiger partial charge in [0.25, 0.3) is 0 Å². The largest absolute Gasteiger partial charge is 0.481 e. The molecule has 0 saturated heterocycles. The average Bonchev–Trinajstić information content (AvgIpc) is 2.24. The van der Waals surface area contributed by atoms with E-state index in [0.29, 0.717) is 12.5 Å². The van der Waals surface area contributed by atoms with Gasteiger partial charge in [-0.05, 0) is 12.8 Å². The predicted molar refractivity (Wildman–Crippen MR) is 65.7 cm³/mol. The molecule has 0 aromatic heterocycles. The minimum atomic E-state index is -1.16. The Hall–Kier alpha value is -1.63. The van der Waals surface area contributed by atoms with Gasteiger partial charge in [-0.1, -0.05) is 13.8 Å². The molecule has 7 heteroatoms. The van der Waals surface area contributed by atoms with Gasteiger partial charge in [-0.25, -0.2) is 0 Å². The van der Waals surface area contributed by atoms with Gasteiger partial charge in [-0.2, -0.15) is 0 Å². The number of carboxylic acid groups (broad SMARTS) is 1. The lowest BCUT2D eigenvalue weighted by molar-refractivity contribution is -0.139. The van der Waals surface area contributed by atoms with Crippen LogP contribution in [0.15, 0.2) is 0 Å². The van der Waals surface area contributed by atoms with Crippen LogP contribution in [-0.4, -0.2) is 41.5 Å². The van der Waals surface area contributed by atoms with Crippen molar-refractivity contribution in [3.05, 3.63) is 0 Å². The van der Waals surface area contributed by atoms with E-state index in [1.165, 1.54) is 6.92 Å². The number of carboxylic acids is 1. The van der Waals surface area contributed by atoms with Crippen LogP contribution in [0.3, 0.4) is 0 Å². The Morgan fingerprint density at radius 1 is 1.17 bits per heavy atom. The lowest BCUT2D eigenvalue weighted by Crippen LogP contribution is -2.51. The molecule has 0 radical (unpaired) electrons. The number of hydrogen-bond donors (Lipinski definition) is 4. The molecule has 0 rings (SSSR count). The van der Waals surface area contributed by atoms with Crippen LogP contribution in [0.25, 0.3) is 0 Å². The van der Waals surface area contributed by atoms with E-state index in [2.05, 4.69) is 10.6 Å². The molecule has 5 N–H and O–H groups in total. The number of carbonyl (C=O) groups is 3. The van der Waals surface area contributed by atoms with Gasteiger partial charge in [0.05, 0.1) is 12.5 Å². The van der Waals surface area contributed by atoms with Gasteiger partial charge in [0.15, 0.2) is 0 Å². The molecule has 0 aliphatic heterocycles. The Kier molecular flexibility index (Phi) is 6.96. The molecular formula is C11H21N3O4. The maximum Gasteiger partial charge on any atom is 0.305 e. The standard InChI is InChI=1S/C11H21N3O4/c1-6(2)5-13-10(17)7(3)14-11(18)8(12)4-9(15)16/h6-8H,4-5,12H2,1-3H3,(H,13,17)(H,14,18)(H,15,16). The predicted octanol–water partition coefficient (Wildman–Crippen LogP) is -0.935. The number of amides is 2. The zero-order valence-corrected chi connectivity index (χ0v) is 10.9. The second-order valence-corrected chi connectivity index (χ2v) is 4.57. The van der Waals surface area contributed by atoms with Crippen LogP contribution in [0.5, 0.6) is 0 Å². The Morgan fingerprint density at radius 2 is 1.72 bits per heavy atom. The third kappa shape index (κ3) is 6.85. The molecule has 0 aromatic carbocycles. The molecule has 0 fully saturated rings. The fraction of sp³-hybridized carbons (Fsp3) is 0.727. The monoisotopic (exact) mass is 259 g/mol. The Labute approximate surface area is 106 Å². The quantitative estimate of drug-likeness (QED) is 0.470. The zero-order valence-electron chi connectivity index (χ0n) is 10.9. The molecule has 2 amide bonds. The molecule has 0 bridgehead atoms. The van der Waals surface area contributed by atoms with Crippen molar-refractivity contribution in [3.63, 3.8) is 0 Å². The molecule has 0 saturated carbocycles. The van der Waals surface area contributed by atoms with Crippen molar-refractivity contribution in [1.82, 2.24) is 10.6 Å². The Morgan fingerprint density at radius 3 is 2.17 bits per heavy atom. The third-order valence-electron chi connectivity index (χ3n) is 2.17. The summed E-state index contributed by atoms with van der Waals surface area (Å²) in [7, 11) is 0. The lowest BCUT2D eigenvalue weighted by atomic mass is 10.2. The van der Waals surface area contributed by atoms with Crippen LogP contribution in [0.2, 0.25) is 0 Å². The van der Waals surface area contributed by atoms with Gasteiger partial charge in [0.1, 0.15) is 6.04 Å². The van der Waals surface area contributed by atoms with Crippen LogP contribution < -0.4 is 16.4 Å². The SMILES string of the molecule is CC(C)CNC(=O)C(C)NC(=O)C(N)CC(=O)O. The summed E-state index contributed by atoms with van der Waals surface area (Å²) in [5, 5.41) is 13.5. The number of rotatable bonds is 7. The van der Waals surface area contributed by atoms with E-state index in [1.54, 1.807) is 0 Å². The van der Waals surface area contributed by atoms with Gasteiger partial charge < -0.3 is 21.5 Å². The summed E-state index contributed by atoms with van der Waals surface area (Å²) in [5.74, 6) is -1.81. The first kappa shape index (κ1) is 16.4. The van der Waals surface area contributed by atoms with E-state index in [4.69, 9.17) is 10.8 Å². The van der Waals surface area contributed by atoms with Crippen LogP contribution in [-0.2, 0) is 14.4 Å². The van der Waals surface area contributed by atoms with Gasteiger partial charge in [-0.15, -0.1) is 0 Å². The molecular weight excluding hydrogens is 238 g/mol. The molecule has 0 aliphatic carbocycles. The normalized spacial score (nSPS) is 13.8. The number of aliphatic carboxylic acids is 1. The molecule has 104 valence electrons. The smallest absolute Gasteiger partial charge is 0.305 e. The van der Waals surface area contributed by atoms with Crippen molar-refractivity contribution in [2.45, 2.75) is 39.3 Å². The zero-order chi connectivity index (χ0) is 14.3. The number of nitrogens with one attached hydrogen (secondary N) is 2. The topological polar surface area (TPSA) is 122 Å². The molecule has 0 aromatic rings. The van der Waals surface area contributed by atoms with E-state index in [-0.39, 0.29) is 5.91 Å². The maximum absolute atomic E-state index is 11.5. The highest BCUT2D eigenvalue weighted by atomic mass is 16.4. The van der Waals surface area contributed by atoms with Gasteiger partial charge in [0.2, 0.25) is 11.8 Å². The van der Waals surface area contributed by atoms with E-state index in [0.717, 1.165) is 0 Å². The van der Waals surface area contributed by atoms with Crippen molar-refractivity contribution in [1.29, 1.82) is 0 Å². The minimum absolute atomic E-state index is 0.311. The van der Waals surface area contributed by atoms with Crippen molar-refractivity contribution in [2.24, 2.45) is 11.7 Å². The minimum Gasteiger partial charge on any atom is -0.481 e. The fourth-order valence-corrected chi connectivity index (χ4v) is 1.12. The van der Waals surface area contributed by atoms with E-state index >= 15 is 0 Å². The van der Waals surface area contributed by atoms with Crippen LogP contribution in [0.4, 0.5) is 0 Å². The number of hydrogen-bond acceptors (Lipinski definition) is 4. The van der Waals surface area contributed by atoms with Crippen molar-refractivity contribution in [2.75, 3.05) is 6.54 Å². The maximum atomic E-state index is 11.5. The third-order valence-corrected chi connectivity index (χ3v) is 2.17.